The number of nitrogens with one attached hydrogen (secondary N) is 3. The predicted octanol–water partition coefficient (Wildman–Crippen LogP) is 2.19. The van der Waals surface area contributed by atoms with E-state index in [9.17, 15) is 19.2 Å². The highest BCUT2D eigenvalue weighted by molar-refractivity contribution is 6.01. The molecule has 1 heterocycles. The van der Waals surface area contributed by atoms with E-state index in [0.717, 1.165) is 17.2 Å². The lowest BCUT2D eigenvalue weighted by Gasteiger charge is -2.27. The Morgan fingerprint density at radius 1 is 1.13 bits per heavy atom. The summed E-state index contributed by atoms with van der Waals surface area (Å²) in [7, 11) is 0. The zero-order chi connectivity index (χ0) is 22.4. The number of amides is 3. The molecule has 0 saturated carbocycles. The summed E-state index contributed by atoms with van der Waals surface area (Å²) in [5, 5.41) is 10.2. The smallest absolute Gasteiger partial charge is 0.251 e. The second-order valence-corrected chi connectivity index (χ2v) is 8.37. The van der Waals surface area contributed by atoms with Gasteiger partial charge in [-0.2, -0.15) is 0 Å². The van der Waals surface area contributed by atoms with Crippen molar-refractivity contribution in [3.05, 3.63) is 48.0 Å². The fourth-order valence-corrected chi connectivity index (χ4v) is 3.88. The van der Waals surface area contributed by atoms with E-state index in [1.807, 2.05) is 44.2 Å². The molecule has 1 unspecified atom stereocenters. The minimum atomic E-state index is -0.804. The van der Waals surface area contributed by atoms with Gasteiger partial charge in [0, 0.05) is 18.0 Å². The van der Waals surface area contributed by atoms with Crippen molar-refractivity contribution in [1.29, 1.82) is 0 Å². The number of rotatable bonds is 8. The number of aldehydes is 1. The van der Waals surface area contributed by atoms with Crippen LogP contribution in [0.25, 0.3) is 10.8 Å². The van der Waals surface area contributed by atoms with Crippen LogP contribution in [0, 0.1) is 11.8 Å². The average Bonchev–Trinajstić information content (AvgIpc) is 2.77. The monoisotopic (exact) mass is 423 g/mol. The topological polar surface area (TPSA) is 104 Å². The van der Waals surface area contributed by atoms with Crippen LogP contribution in [0.3, 0.4) is 0 Å². The van der Waals surface area contributed by atoms with Gasteiger partial charge in [0.15, 0.2) is 0 Å². The van der Waals surface area contributed by atoms with Gasteiger partial charge in [0.05, 0.1) is 6.04 Å². The fourth-order valence-electron chi connectivity index (χ4n) is 3.88. The van der Waals surface area contributed by atoms with Gasteiger partial charge in [-0.1, -0.05) is 44.2 Å². The van der Waals surface area contributed by atoms with Crippen molar-refractivity contribution in [3.8, 4) is 0 Å². The molecule has 0 aromatic heterocycles. The highest BCUT2D eigenvalue weighted by Crippen LogP contribution is 2.18. The summed E-state index contributed by atoms with van der Waals surface area (Å²) in [4.78, 5) is 49.2. The van der Waals surface area contributed by atoms with Crippen molar-refractivity contribution in [2.75, 3.05) is 6.54 Å². The van der Waals surface area contributed by atoms with Gasteiger partial charge in [-0.3, -0.25) is 14.4 Å². The number of carbonyl (C=O) groups is 4. The van der Waals surface area contributed by atoms with E-state index in [2.05, 4.69) is 16.0 Å². The quantitative estimate of drug-likeness (QED) is 0.566. The van der Waals surface area contributed by atoms with Crippen LogP contribution in [-0.4, -0.2) is 42.6 Å². The maximum atomic E-state index is 12.9. The normalized spacial score (nSPS) is 18.2. The summed E-state index contributed by atoms with van der Waals surface area (Å²) in [6.45, 7) is 4.30. The standard InChI is InChI=1S/C24H29N3O4/c1-15(2)21(24(31)26-20(14-28)13-18-8-5-11-25-22(18)29)27-23(30)19-10-9-16-6-3-4-7-17(16)12-19/h3-4,6-7,9-10,12,14-15,18,20-21H,5,8,11,13H2,1-2H3,(H,25,29)(H,26,31)(H,27,30)/t18?,20-,21-/m0/s1. The Bertz CT molecular complexity index is 972. The summed E-state index contributed by atoms with van der Waals surface area (Å²) in [5.74, 6) is -1.35. The largest absolute Gasteiger partial charge is 0.356 e. The highest BCUT2D eigenvalue weighted by atomic mass is 16.2. The van der Waals surface area contributed by atoms with Gasteiger partial charge in [-0.05, 0) is 48.1 Å². The zero-order valence-corrected chi connectivity index (χ0v) is 17.9. The van der Waals surface area contributed by atoms with Gasteiger partial charge in [-0.25, -0.2) is 0 Å². The molecule has 3 atom stereocenters. The van der Waals surface area contributed by atoms with Crippen LogP contribution in [0.2, 0.25) is 0 Å². The Balaban J connectivity index is 1.66. The minimum Gasteiger partial charge on any atom is -0.356 e. The summed E-state index contributed by atoms with van der Waals surface area (Å²) in [6, 6.07) is 11.5. The van der Waals surface area contributed by atoms with Crippen molar-refractivity contribution >= 4 is 34.8 Å². The number of carbonyl (C=O) groups excluding carboxylic acids is 4. The molecule has 3 amide bonds. The van der Waals surface area contributed by atoms with Gasteiger partial charge < -0.3 is 20.7 Å². The number of hydrogen-bond acceptors (Lipinski definition) is 4. The third-order valence-corrected chi connectivity index (χ3v) is 5.68. The van der Waals surface area contributed by atoms with Crippen LogP contribution in [-0.2, 0) is 14.4 Å². The molecule has 3 rings (SSSR count). The minimum absolute atomic E-state index is 0.0858. The summed E-state index contributed by atoms with van der Waals surface area (Å²) in [5.41, 5.74) is 0.461. The molecule has 0 spiro atoms. The summed E-state index contributed by atoms with van der Waals surface area (Å²) >= 11 is 0. The highest BCUT2D eigenvalue weighted by Gasteiger charge is 2.30. The van der Waals surface area contributed by atoms with Crippen molar-refractivity contribution in [3.63, 3.8) is 0 Å². The molecule has 31 heavy (non-hydrogen) atoms. The molecule has 0 bridgehead atoms. The van der Waals surface area contributed by atoms with Gasteiger partial charge in [0.25, 0.3) is 5.91 Å². The second-order valence-electron chi connectivity index (χ2n) is 8.37. The van der Waals surface area contributed by atoms with Crippen LogP contribution in [0.4, 0.5) is 0 Å². The van der Waals surface area contributed by atoms with E-state index >= 15 is 0 Å². The maximum Gasteiger partial charge on any atom is 0.251 e. The van der Waals surface area contributed by atoms with E-state index in [0.29, 0.717) is 24.8 Å². The molecule has 2 aromatic rings. The SMILES string of the molecule is CC(C)[C@H](NC(=O)c1ccc2ccccc2c1)C(=O)N[C@H](C=O)CC1CCCNC1=O. The van der Waals surface area contributed by atoms with Crippen LogP contribution in [0.15, 0.2) is 42.5 Å². The molecule has 1 saturated heterocycles. The fraction of sp³-hybridized carbons (Fsp3) is 0.417. The Labute approximate surface area is 182 Å². The number of hydrogen-bond donors (Lipinski definition) is 3. The molecule has 2 aromatic carbocycles. The van der Waals surface area contributed by atoms with Crippen LogP contribution in [0.1, 0.15) is 43.5 Å². The average molecular weight is 424 g/mol. The van der Waals surface area contributed by atoms with Crippen LogP contribution < -0.4 is 16.0 Å². The Hall–Kier alpha value is -3.22. The van der Waals surface area contributed by atoms with Crippen molar-refractivity contribution < 1.29 is 19.2 Å². The maximum absolute atomic E-state index is 12.9. The Kier molecular flexibility index (Phi) is 7.39. The molecule has 3 N–H and O–H groups in total. The molecular weight excluding hydrogens is 394 g/mol. The zero-order valence-electron chi connectivity index (χ0n) is 17.9. The molecule has 7 nitrogen and oxygen atoms in total. The van der Waals surface area contributed by atoms with Gasteiger partial charge >= 0.3 is 0 Å². The first-order valence-corrected chi connectivity index (χ1v) is 10.7. The molecule has 1 fully saturated rings. The first-order chi connectivity index (χ1) is 14.9. The molecule has 0 radical (unpaired) electrons. The van der Waals surface area contributed by atoms with E-state index < -0.39 is 18.0 Å². The second kappa shape index (κ2) is 10.2. The lowest BCUT2D eigenvalue weighted by Crippen LogP contribution is -2.53. The summed E-state index contributed by atoms with van der Waals surface area (Å²) in [6.07, 6.45) is 2.46. The molecule has 1 aliphatic rings. The van der Waals surface area contributed by atoms with Crippen molar-refractivity contribution in [1.82, 2.24) is 16.0 Å². The van der Waals surface area contributed by atoms with Crippen LogP contribution in [0.5, 0.6) is 0 Å². The lowest BCUT2D eigenvalue weighted by atomic mass is 9.91. The molecule has 7 heteroatoms. The summed E-state index contributed by atoms with van der Waals surface area (Å²) < 4.78 is 0. The first kappa shape index (κ1) is 22.5. The van der Waals surface area contributed by atoms with E-state index in [4.69, 9.17) is 0 Å². The third-order valence-electron chi connectivity index (χ3n) is 5.68. The van der Waals surface area contributed by atoms with Gasteiger partial charge in [-0.15, -0.1) is 0 Å². The van der Waals surface area contributed by atoms with Gasteiger partial charge in [0.2, 0.25) is 11.8 Å². The Morgan fingerprint density at radius 3 is 2.55 bits per heavy atom. The van der Waals surface area contributed by atoms with Crippen molar-refractivity contribution in [2.24, 2.45) is 11.8 Å². The molecule has 164 valence electrons. The predicted molar refractivity (Wildman–Crippen MR) is 118 cm³/mol. The van der Waals surface area contributed by atoms with E-state index in [-0.39, 0.29) is 30.1 Å². The molecular formula is C24H29N3O4. The number of benzene rings is 2. The lowest BCUT2D eigenvalue weighted by molar-refractivity contribution is -0.129. The third kappa shape index (κ3) is 5.69. The molecule has 0 aliphatic carbocycles. The number of piperidine rings is 1. The Morgan fingerprint density at radius 2 is 1.87 bits per heavy atom. The van der Waals surface area contributed by atoms with Crippen molar-refractivity contribution in [2.45, 2.75) is 45.2 Å². The van der Waals surface area contributed by atoms with Gasteiger partial charge in [0.1, 0.15) is 12.3 Å². The van der Waals surface area contributed by atoms with E-state index in [1.165, 1.54) is 0 Å². The molecule has 1 aliphatic heterocycles. The number of fused-ring (bicyclic) bond motifs is 1. The van der Waals surface area contributed by atoms with Crippen LogP contribution >= 0.6 is 0 Å². The first-order valence-electron chi connectivity index (χ1n) is 10.7. The van der Waals surface area contributed by atoms with E-state index in [1.54, 1.807) is 12.1 Å².